The van der Waals surface area contributed by atoms with E-state index >= 15 is 0 Å². The van der Waals surface area contributed by atoms with Crippen molar-refractivity contribution in [2.45, 2.75) is 55.4 Å². The molecule has 0 aliphatic rings. The Bertz CT molecular complexity index is 458. The van der Waals surface area contributed by atoms with Crippen LogP contribution < -0.4 is 0 Å². The summed E-state index contributed by atoms with van der Waals surface area (Å²) in [6, 6.07) is 4.48. The Kier molecular flexibility index (Phi) is 8.24. The van der Waals surface area contributed by atoms with Gasteiger partial charge in [-0.2, -0.15) is 56.6 Å². The van der Waals surface area contributed by atoms with Gasteiger partial charge in [-0.25, -0.2) is 0 Å². The maximum atomic E-state index is 3.25. The second kappa shape index (κ2) is 8.54. The van der Waals surface area contributed by atoms with Gasteiger partial charge in [-0.15, -0.1) is 0 Å². The van der Waals surface area contributed by atoms with Gasteiger partial charge in [0.15, 0.2) is 0 Å². The molecule has 0 aliphatic heterocycles. The first-order valence-corrected chi connectivity index (χ1v) is 8.11. The topological polar surface area (TPSA) is 0 Å². The molecule has 0 spiro atoms. The summed E-state index contributed by atoms with van der Waals surface area (Å²) in [7, 11) is 0. The summed E-state index contributed by atoms with van der Waals surface area (Å²) in [6.45, 7) is 17.4. The molecule has 0 amide bonds. The molecule has 0 saturated carbocycles. The van der Waals surface area contributed by atoms with E-state index in [0.29, 0.717) is 0 Å². The van der Waals surface area contributed by atoms with Gasteiger partial charge in [0.2, 0.25) is 0 Å². The zero-order valence-corrected chi connectivity index (χ0v) is 15.9. The van der Waals surface area contributed by atoms with Gasteiger partial charge in [0, 0.05) is 0 Å². The Balaban J connectivity index is 0.000000321. The first kappa shape index (κ1) is 19.3. The van der Waals surface area contributed by atoms with E-state index in [9.17, 15) is 0 Å². The summed E-state index contributed by atoms with van der Waals surface area (Å²) in [5.41, 5.74) is 11.5. The van der Waals surface area contributed by atoms with Crippen molar-refractivity contribution in [1.82, 2.24) is 0 Å². The SMILES string of the molecule is Cc1c[c-](C)c(C)c1C.Cc1c[c-](C)c(C)c1C.[CH2]=[Ti+2]. The van der Waals surface area contributed by atoms with Crippen LogP contribution in [0.15, 0.2) is 12.1 Å². The molecule has 0 atom stereocenters. The summed E-state index contributed by atoms with van der Waals surface area (Å²) in [5, 5.41) is 0. The monoisotopic (exact) mass is 304 g/mol. The zero-order valence-electron chi connectivity index (χ0n) is 14.4. The fourth-order valence-electron chi connectivity index (χ4n) is 2.27. The van der Waals surface area contributed by atoms with E-state index < -0.39 is 0 Å². The number of hydrogen-bond donors (Lipinski definition) is 0. The van der Waals surface area contributed by atoms with E-state index in [2.05, 4.69) is 72.3 Å². The summed E-state index contributed by atoms with van der Waals surface area (Å²) in [4.78, 5) is 3.25. The normalized spacial score (nSPS) is 9.50. The van der Waals surface area contributed by atoms with Crippen molar-refractivity contribution in [3.8, 4) is 0 Å². The number of hydrogen-bond acceptors (Lipinski definition) is 0. The van der Waals surface area contributed by atoms with Crippen LogP contribution in [0.25, 0.3) is 0 Å². The van der Waals surface area contributed by atoms with Crippen LogP contribution in [-0.2, 0) is 20.0 Å². The van der Waals surface area contributed by atoms with Crippen LogP contribution in [-0.4, -0.2) is 4.82 Å². The van der Waals surface area contributed by atoms with Gasteiger partial charge < -0.3 is 0 Å². The first-order valence-electron chi connectivity index (χ1n) is 7.01. The Morgan fingerprint density at radius 2 is 0.950 bits per heavy atom. The van der Waals surface area contributed by atoms with E-state index in [1.807, 2.05) is 0 Å². The third-order valence-electron chi connectivity index (χ3n) is 4.36. The Morgan fingerprint density at radius 3 is 1.00 bits per heavy atom. The van der Waals surface area contributed by atoms with Crippen molar-refractivity contribution >= 4 is 4.82 Å². The Morgan fingerprint density at radius 1 is 0.700 bits per heavy atom. The molecule has 0 saturated heterocycles. The van der Waals surface area contributed by atoms with Crippen LogP contribution in [0.2, 0.25) is 0 Å². The molecule has 0 radical (unpaired) electrons. The van der Waals surface area contributed by atoms with Gasteiger partial charge in [-0.1, -0.05) is 55.4 Å². The summed E-state index contributed by atoms with van der Waals surface area (Å²) in [5.74, 6) is 0. The summed E-state index contributed by atoms with van der Waals surface area (Å²) < 4.78 is 0. The van der Waals surface area contributed by atoms with Gasteiger partial charge in [0.25, 0.3) is 0 Å². The average molecular weight is 304 g/mol. The van der Waals surface area contributed by atoms with E-state index in [1.165, 1.54) is 44.5 Å². The molecule has 2 aromatic rings. The van der Waals surface area contributed by atoms with Crippen LogP contribution in [0.5, 0.6) is 0 Å². The molecule has 0 heterocycles. The molecular formula is C19H28Ti. The molecule has 1 heteroatoms. The Labute approximate surface area is 136 Å². The van der Waals surface area contributed by atoms with Crippen molar-refractivity contribution in [3.63, 3.8) is 0 Å². The van der Waals surface area contributed by atoms with Gasteiger partial charge in [-0.05, 0) is 0 Å². The molecule has 0 bridgehead atoms. The summed E-state index contributed by atoms with van der Waals surface area (Å²) >= 11 is 1.75. The molecule has 108 valence electrons. The van der Waals surface area contributed by atoms with Crippen molar-refractivity contribution in [3.05, 3.63) is 56.6 Å². The van der Waals surface area contributed by atoms with Crippen LogP contribution >= 0.6 is 0 Å². The van der Waals surface area contributed by atoms with E-state index in [4.69, 9.17) is 0 Å². The standard InChI is InChI=1S/2C9H13.CH2.Ti/c2*1-6-5-7(2)9(4)8(6)3;;/h2*5H,1-4H3;1H2;/q2*-1;;+2. The maximum absolute atomic E-state index is 3.25. The first-order chi connectivity index (χ1) is 9.25. The summed E-state index contributed by atoms with van der Waals surface area (Å²) in [6.07, 6.45) is 0. The molecule has 0 unspecified atom stereocenters. The van der Waals surface area contributed by atoms with Crippen LogP contribution in [0, 0.1) is 55.4 Å². The second-order valence-corrected chi connectivity index (χ2v) is 5.52. The minimum absolute atomic E-state index is 1.42. The van der Waals surface area contributed by atoms with Crippen LogP contribution in [0.3, 0.4) is 0 Å². The number of aryl methyl sites for hydroxylation is 4. The van der Waals surface area contributed by atoms with E-state index in [-0.39, 0.29) is 0 Å². The van der Waals surface area contributed by atoms with Crippen molar-refractivity contribution in [2.75, 3.05) is 0 Å². The molecular weight excluding hydrogens is 276 g/mol. The van der Waals surface area contributed by atoms with Gasteiger partial charge >= 0.3 is 24.8 Å². The van der Waals surface area contributed by atoms with E-state index in [1.54, 1.807) is 20.0 Å². The average Bonchev–Trinajstić information content (AvgIpc) is 2.78. The van der Waals surface area contributed by atoms with E-state index in [0.717, 1.165) is 0 Å². The molecule has 20 heavy (non-hydrogen) atoms. The molecule has 2 rings (SSSR count). The van der Waals surface area contributed by atoms with Gasteiger partial charge in [-0.3, -0.25) is 0 Å². The van der Waals surface area contributed by atoms with Crippen molar-refractivity contribution in [2.24, 2.45) is 0 Å². The predicted octanol–water partition coefficient (Wildman–Crippen LogP) is 5.24. The fourth-order valence-corrected chi connectivity index (χ4v) is 2.27. The van der Waals surface area contributed by atoms with Crippen molar-refractivity contribution < 1.29 is 20.0 Å². The molecule has 0 nitrogen and oxygen atoms in total. The van der Waals surface area contributed by atoms with Gasteiger partial charge in [0.05, 0.1) is 0 Å². The quantitative estimate of drug-likeness (QED) is 0.461. The molecule has 0 fully saturated rings. The molecule has 0 N–H and O–H groups in total. The molecule has 2 aromatic carbocycles. The minimum atomic E-state index is 1.42. The van der Waals surface area contributed by atoms with Crippen LogP contribution in [0.4, 0.5) is 0 Å². The Hall–Kier alpha value is -0.716. The fraction of sp³-hybridized carbons (Fsp3) is 0.421. The zero-order chi connectivity index (χ0) is 16.0. The molecule has 0 aromatic heterocycles. The molecule has 0 aliphatic carbocycles. The second-order valence-electron chi connectivity index (χ2n) is 5.52. The van der Waals surface area contributed by atoms with Crippen molar-refractivity contribution in [1.29, 1.82) is 0 Å². The predicted molar refractivity (Wildman–Crippen MR) is 89.1 cm³/mol. The van der Waals surface area contributed by atoms with Crippen LogP contribution in [0.1, 0.15) is 44.5 Å². The number of rotatable bonds is 0. The third kappa shape index (κ3) is 4.68. The van der Waals surface area contributed by atoms with Gasteiger partial charge in [0.1, 0.15) is 0 Å². The third-order valence-corrected chi connectivity index (χ3v) is 4.36.